The first-order valence-electron chi connectivity index (χ1n) is 8.38. The molecular weight excluding hydrogens is 260 g/mol. The average molecular weight is 288 g/mol. The van der Waals surface area contributed by atoms with E-state index in [1.54, 1.807) is 0 Å². The van der Waals surface area contributed by atoms with Crippen molar-refractivity contribution in [2.24, 2.45) is 5.10 Å². The Hall–Kier alpha value is -1.45. The van der Waals surface area contributed by atoms with Gasteiger partial charge in [-0.3, -0.25) is 5.43 Å². The molecule has 0 aromatic carbocycles. The SMILES string of the molecule is CC(C)=NNc1cc2c(nn1)CCCCCCCCCC2. The van der Waals surface area contributed by atoms with E-state index in [-0.39, 0.29) is 0 Å². The minimum absolute atomic E-state index is 0.766. The highest BCUT2D eigenvalue weighted by Crippen LogP contribution is 2.19. The number of fused-ring (bicyclic) bond motifs is 1. The minimum Gasteiger partial charge on any atom is -0.260 e. The molecule has 4 nitrogen and oxygen atoms in total. The maximum atomic E-state index is 4.44. The summed E-state index contributed by atoms with van der Waals surface area (Å²) in [6.45, 7) is 3.93. The zero-order valence-corrected chi connectivity index (χ0v) is 13.5. The summed E-state index contributed by atoms with van der Waals surface area (Å²) >= 11 is 0. The molecule has 4 heteroatoms. The first kappa shape index (κ1) is 15.9. The molecule has 1 aromatic rings. The van der Waals surface area contributed by atoms with Crippen molar-refractivity contribution in [2.75, 3.05) is 5.43 Å². The molecule has 1 N–H and O–H groups in total. The van der Waals surface area contributed by atoms with E-state index in [2.05, 4.69) is 26.8 Å². The van der Waals surface area contributed by atoms with Crippen molar-refractivity contribution >= 4 is 11.5 Å². The largest absolute Gasteiger partial charge is 0.260 e. The van der Waals surface area contributed by atoms with Gasteiger partial charge in [0.05, 0.1) is 5.69 Å². The van der Waals surface area contributed by atoms with Crippen molar-refractivity contribution in [1.82, 2.24) is 10.2 Å². The van der Waals surface area contributed by atoms with Crippen LogP contribution in [0.15, 0.2) is 11.2 Å². The van der Waals surface area contributed by atoms with Crippen LogP contribution in [0.1, 0.15) is 76.5 Å². The molecule has 0 saturated heterocycles. The summed E-state index contributed by atoms with van der Waals surface area (Å²) in [5, 5.41) is 12.9. The maximum Gasteiger partial charge on any atom is 0.169 e. The second-order valence-corrected chi connectivity index (χ2v) is 6.20. The molecule has 0 aliphatic heterocycles. The fourth-order valence-corrected chi connectivity index (χ4v) is 2.77. The Morgan fingerprint density at radius 3 is 2.19 bits per heavy atom. The number of hydrogen-bond donors (Lipinski definition) is 1. The Morgan fingerprint density at radius 1 is 0.905 bits per heavy atom. The fourth-order valence-electron chi connectivity index (χ4n) is 2.77. The normalized spacial score (nSPS) is 17.0. The van der Waals surface area contributed by atoms with Crippen molar-refractivity contribution in [3.05, 3.63) is 17.3 Å². The van der Waals surface area contributed by atoms with Crippen LogP contribution in [0.5, 0.6) is 0 Å². The second kappa shape index (κ2) is 8.75. The topological polar surface area (TPSA) is 50.2 Å². The molecule has 2 rings (SSSR count). The first-order chi connectivity index (χ1) is 10.3. The Bertz CT molecular complexity index is 464. The van der Waals surface area contributed by atoms with Gasteiger partial charge in [0.2, 0.25) is 0 Å². The molecule has 1 heterocycles. The van der Waals surface area contributed by atoms with Gasteiger partial charge in [0, 0.05) is 5.71 Å². The fraction of sp³-hybridized carbons (Fsp3) is 0.706. The second-order valence-electron chi connectivity index (χ2n) is 6.20. The number of hydrogen-bond acceptors (Lipinski definition) is 4. The molecule has 0 unspecified atom stereocenters. The van der Waals surface area contributed by atoms with E-state index >= 15 is 0 Å². The van der Waals surface area contributed by atoms with Gasteiger partial charge in [0.25, 0.3) is 0 Å². The third kappa shape index (κ3) is 5.82. The summed E-state index contributed by atoms with van der Waals surface area (Å²) in [5.74, 6) is 0.766. The lowest BCUT2D eigenvalue weighted by Gasteiger charge is -2.11. The number of aryl methyl sites for hydroxylation is 2. The number of anilines is 1. The van der Waals surface area contributed by atoms with E-state index in [0.29, 0.717) is 0 Å². The Labute approximate surface area is 128 Å². The van der Waals surface area contributed by atoms with Gasteiger partial charge in [-0.25, -0.2) is 0 Å². The number of hydrazone groups is 1. The van der Waals surface area contributed by atoms with Crippen LogP contribution in [0.25, 0.3) is 0 Å². The molecule has 1 aliphatic carbocycles. The van der Waals surface area contributed by atoms with Crippen molar-refractivity contribution in [3.63, 3.8) is 0 Å². The van der Waals surface area contributed by atoms with Gasteiger partial charge in [0.15, 0.2) is 5.82 Å². The van der Waals surface area contributed by atoms with Crippen LogP contribution < -0.4 is 5.43 Å². The molecule has 0 bridgehead atoms. The predicted octanol–water partition coefficient (Wildman–Crippen LogP) is 4.50. The number of aromatic nitrogens is 2. The molecule has 0 radical (unpaired) electrons. The summed E-state index contributed by atoms with van der Waals surface area (Å²) in [6, 6.07) is 2.14. The van der Waals surface area contributed by atoms with Crippen LogP contribution in [0.4, 0.5) is 5.82 Å². The van der Waals surface area contributed by atoms with Gasteiger partial charge < -0.3 is 0 Å². The van der Waals surface area contributed by atoms with Crippen LogP contribution in [0, 0.1) is 0 Å². The van der Waals surface area contributed by atoms with Crippen LogP contribution >= 0.6 is 0 Å². The van der Waals surface area contributed by atoms with E-state index < -0.39 is 0 Å². The highest BCUT2D eigenvalue weighted by molar-refractivity contribution is 5.79. The Kier molecular flexibility index (Phi) is 6.64. The molecule has 0 spiro atoms. The molecule has 21 heavy (non-hydrogen) atoms. The smallest absolute Gasteiger partial charge is 0.169 e. The molecule has 116 valence electrons. The average Bonchev–Trinajstić information content (AvgIpc) is 2.46. The van der Waals surface area contributed by atoms with Gasteiger partial charge in [-0.2, -0.15) is 10.2 Å². The third-order valence-corrected chi connectivity index (χ3v) is 3.96. The molecule has 0 fully saturated rings. The standard InChI is InChI=1S/C17H28N4/c1-14(2)18-20-17-13-15-11-9-7-5-3-4-6-8-10-12-16(15)19-21-17/h13H,3-12H2,1-2H3,(H,20,21). The van der Waals surface area contributed by atoms with Gasteiger partial charge in [-0.1, -0.05) is 38.5 Å². The zero-order valence-electron chi connectivity index (χ0n) is 13.5. The van der Waals surface area contributed by atoms with Gasteiger partial charge in [-0.15, -0.1) is 5.10 Å². The molecule has 0 saturated carbocycles. The van der Waals surface area contributed by atoms with E-state index in [0.717, 1.165) is 24.4 Å². The first-order valence-corrected chi connectivity index (χ1v) is 8.38. The maximum absolute atomic E-state index is 4.44. The number of nitrogens with zero attached hydrogens (tertiary/aromatic N) is 3. The molecule has 1 aliphatic rings. The molecule has 1 aromatic heterocycles. The Balaban J connectivity index is 2.08. The lowest BCUT2D eigenvalue weighted by molar-refractivity contribution is 0.555. The number of nitrogens with one attached hydrogen (secondary N) is 1. The third-order valence-electron chi connectivity index (χ3n) is 3.96. The summed E-state index contributed by atoms with van der Waals surface area (Å²) in [4.78, 5) is 0. The summed E-state index contributed by atoms with van der Waals surface area (Å²) in [7, 11) is 0. The highest BCUT2D eigenvalue weighted by atomic mass is 15.3. The molecular formula is C17H28N4. The lowest BCUT2D eigenvalue weighted by Crippen LogP contribution is -2.05. The van der Waals surface area contributed by atoms with Crippen molar-refractivity contribution in [3.8, 4) is 0 Å². The summed E-state index contributed by atoms with van der Waals surface area (Å²) in [5.41, 5.74) is 6.54. The number of rotatable bonds is 2. The minimum atomic E-state index is 0.766. The van der Waals surface area contributed by atoms with Crippen molar-refractivity contribution in [1.29, 1.82) is 0 Å². The van der Waals surface area contributed by atoms with Crippen molar-refractivity contribution < 1.29 is 0 Å². The van der Waals surface area contributed by atoms with Crippen LogP contribution in [0.3, 0.4) is 0 Å². The Morgan fingerprint density at radius 2 is 1.52 bits per heavy atom. The summed E-state index contributed by atoms with van der Waals surface area (Å²) < 4.78 is 0. The van der Waals surface area contributed by atoms with Crippen LogP contribution in [0.2, 0.25) is 0 Å². The monoisotopic (exact) mass is 288 g/mol. The quantitative estimate of drug-likeness (QED) is 0.643. The van der Waals surface area contributed by atoms with Crippen molar-refractivity contribution in [2.45, 2.75) is 78.1 Å². The van der Waals surface area contributed by atoms with Gasteiger partial charge >= 0.3 is 0 Å². The summed E-state index contributed by atoms with van der Waals surface area (Å²) in [6.07, 6.45) is 12.9. The van der Waals surface area contributed by atoms with E-state index in [1.807, 2.05) is 13.8 Å². The van der Waals surface area contributed by atoms with Gasteiger partial charge in [-0.05, 0) is 51.2 Å². The molecule has 0 amide bonds. The van der Waals surface area contributed by atoms with Gasteiger partial charge in [0.1, 0.15) is 0 Å². The lowest BCUT2D eigenvalue weighted by atomic mass is 9.99. The highest BCUT2D eigenvalue weighted by Gasteiger charge is 2.08. The van der Waals surface area contributed by atoms with Crippen LogP contribution in [-0.2, 0) is 12.8 Å². The van der Waals surface area contributed by atoms with Crippen LogP contribution in [-0.4, -0.2) is 15.9 Å². The van der Waals surface area contributed by atoms with E-state index in [4.69, 9.17) is 0 Å². The van der Waals surface area contributed by atoms with E-state index in [9.17, 15) is 0 Å². The predicted molar refractivity (Wildman–Crippen MR) is 88.8 cm³/mol. The molecule has 0 atom stereocenters. The zero-order chi connectivity index (χ0) is 14.9. The van der Waals surface area contributed by atoms with E-state index in [1.165, 1.54) is 62.6 Å².